The first-order valence-electron chi connectivity index (χ1n) is 7.83. The van der Waals surface area contributed by atoms with Gasteiger partial charge in [0.15, 0.2) is 0 Å². The first-order chi connectivity index (χ1) is 9.28. The average Bonchev–Trinajstić information content (AvgIpc) is 2.97. The van der Waals surface area contributed by atoms with Gasteiger partial charge in [0, 0.05) is 25.3 Å². The van der Waals surface area contributed by atoms with Gasteiger partial charge in [-0.3, -0.25) is 0 Å². The van der Waals surface area contributed by atoms with Crippen LogP contribution < -0.4 is 10.2 Å². The van der Waals surface area contributed by atoms with Gasteiger partial charge >= 0.3 is 0 Å². The highest BCUT2D eigenvalue weighted by molar-refractivity contribution is 5.55. The molecule has 2 fully saturated rings. The predicted octanol–water partition coefficient (Wildman–Crippen LogP) is 3.34. The molecule has 3 rings (SSSR count). The van der Waals surface area contributed by atoms with Crippen molar-refractivity contribution in [3.63, 3.8) is 0 Å². The van der Waals surface area contributed by atoms with Gasteiger partial charge in [-0.25, -0.2) is 0 Å². The van der Waals surface area contributed by atoms with Crippen molar-refractivity contribution < 1.29 is 0 Å². The lowest BCUT2D eigenvalue weighted by molar-refractivity contribution is 0.494. The van der Waals surface area contributed by atoms with E-state index in [4.69, 9.17) is 0 Å². The van der Waals surface area contributed by atoms with E-state index in [1.54, 1.807) is 0 Å². The van der Waals surface area contributed by atoms with E-state index in [-0.39, 0.29) is 0 Å². The van der Waals surface area contributed by atoms with Gasteiger partial charge in [0.2, 0.25) is 0 Å². The van der Waals surface area contributed by atoms with Crippen LogP contribution in [-0.4, -0.2) is 19.6 Å². The highest BCUT2D eigenvalue weighted by Crippen LogP contribution is 2.40. The average molecular weight is 258 g/mol. The zero-order valence-electron chi connectivity index (χ0n) is 12.3. The largest absolute Gasteiger partial charge is 0.371 e. The van der Waals surface area contributed by atoms with Crippen LogP contribution in [0.2, 0.25) is 0 Å². The van der Waals surface area contributed by atoms with E-state index in [0.29, 0.717) is 0 Å². The number of aryl methyl sites for hydroxylation is 1. The quantitative estimate of drug-likeness (QED) is 0.891. The van der Waals surface area contributed by atoms with E-state index in [1.807, 2.05) is 0 Å². The molecule has 1 aliphatic carbocycles. The molecule has 0 aromatic heterocycles. The molecule has 104 valence electrons. The lowest BCUT2D eigenvalue weighted by Crippen LogP contribution is -2.21. The van der Waals surface area contributed by atoms with Gasteiger partial charge in [-0.05, 0) is 55.3 Å². The Morgan fingerprint density at radius 3 is 2.58 bits per heavy atom. The van der Waals surface area contributed by atoms with Crippen molar-refractivity contribution in [1.29, 1.82) is 0 Å². The maximum atomic E-state index is 3.40. The summed E-state index contributed by atoms with van der Waals surface area (Å²) in [4.78, 5) is 2.63. The third-order valence-electron chi connectivity index (χ3n) is 4.91. The molecule has 1 aliphatic heterocycles. The Balaban J connectivity index is 1.71. The maximum Gasteiger partial charge on any atom is 0.0396 e. The minimum Gasteiger partial charge on any atom is -0.371 e. The van der Waals surface area contributed by atoms with E-state index < -0.39 is 0 Å². The number of fused-ring (bicyclic) bond motifs is 1. The number of nitrogens with zero attached hydrogens (tertiary/aromatic N) is 1. The molecule has 2 nitrogen and oxygen atoms in total. The second kappa shape index (κ2) is 5.54. The maximum absolute atomic E-state index is 3.40. The Morgan fingerprint density at radius 2 is 1.95 bits per heavy atom. The molecule has 2 heteroatoms. The summed E-state index contributed by atoms with van der Waals surface area (Å²) in [5, 5.41) is 3.40. The van der Waals surface area contributed by atoms with E-state index >= 15 is 0 Å². The number of nitrogens with one attached hydrogen (secondary N) is 1. The number of hydrogen-bond donors (Lipinski definition) is 1. The third kappa shape index (κ3) is 2.64. The number of benzene rings is 1. The normalized spacial score (nSPS) is 25.9. The lowest BCUT2D eigenvalue weighted by Gasteiger charge is -2.22. The molecule has 1 saturated carbocycles. The first-order valence-corrected chi connectivity index (χ1v) is 7.83. The minimum atomic E-state index is 0.973. The summed E-state index contributed by atoms with van der Waals surface area (Å²) >= 11 is 0. The molecule has 2 atom stereocenters. The number of rotatable bonds is 4. The van der Waals surface area contributed by atoms with Gasteiger partial charge in [-0.2, -0.15) is 0 Å². The molecular formula is C17H26N2. The molecule has 0 spiro atoms. The van der Waals surface area contributed by atoms with Crippen LogP contribution in [0.4, 0.5) is 5.69 Å². The smallest absolute Gasteiger partial charge is 0.0396 e. The Bertz CT molecular complexity index is 429. The van der Waals surface area contributed by atoms with Gasteiger partial charge in [-0.15, -0.1) is 0 Å². The van der Waals surface area contributed by atoms with Crippen molar-refractivity contribution in [3.05, 3.63) is 29.3 Å². The molecule has 1 aromatic rings. The Hall–Kier alpha value is -1.02. The monoisotopic (exact) mass is 258 g/mol. The fraction of sp³-hybridized carbons (Fsp3) is 0.647. The van der Waals surface area contributed by atoms with Crippen LogP contribution in [-0.2, 0) is 6.54 Å². The van der Waals surface area contributed by atoms with Crippen molar-refractivity contribution in [2.45, 2.75) is 39.7 Å². The molecule has 0 radical (unpaired) electrons. The highest BCUT2D eigenvalue weighted by Gasteiger charge is 2.36. The summed E-state index contributed by atoms with van der Waals surface area (Å²) < 4.78 is 0. The van der Waals surface area contributed by atoms with E-state index in [1.165, 1.54) is 49.2 Å². The summed E-state index contributed by atoms with van der Waals surface area (Å²) in [7, 11) is 0. The Kier molecular flexibility index (Phi) is 3.79. The SMILES string of the molecule is CCNCc1ccc(N2CC3CCCC3C2)c(C)c1. The van der Waals surface area contributed by atoms with E-state index in [0.717, 1.165) is 24.9 Å². The number of anilines is 1. The molecule has 19 heavy (non-hydrogen) atoms. The standard InChI is InChI=1S/C17H26N2/c1-3-18-10-14-7-8-17(13(2)9-14)19-11-15-5-4-6-16(15)12-19/h7-9,15-16,18H,3-6,10-12H2,1-2H3. The second-order valence-corrected chi connectivity index (χ2v) is 6.26. The highest BCUT2D eigenvalue weighted by atomic mass is 15.2. The summed E-state index contributed by atoms with van der Waals surface area (Å²) in [6.07, 6.45) is 4.38. The summed E-state index contributed by atoms with van der Waals surface area (Å²) in [5.74, 6) is 1.95. The van der Waals surface area contributed by atoms with Gasteiger partial charge in [0.05, 0.1) is 0 Å². The fourth-order valence-corrected chi connectivity index (χ4v) is 3.88. The van der Waals surface area contributed by atoms with Crippen LogP contribution >= 0.6 is 0 Å². The molecule has 1 heterocycles. The molecule has 1 saturated heterocycles. The van der Waals surface area contributed by atoms with Crippen molar-refractivity contribution in [3.8, 4) is 0 Å². The molecule has 0 bridgehead atoms. The van der Waals surface area contributed by atoms with Crippen molar-refractivity contribution in [2.75, 3.05) is 24.5 Å². The molecule has 0 amide bonds. The van der Waals surface area contributed by atoms with Crippen LogP contribution in [0.15, 0.2) is 18.2 Å². The van der Waals surface area contributed by atoms with E-state index in [9.17, 15) is 0 Å². The molecule has 2 aliphatic rings. The van der Waals surface area contributed by atoms with Crippen LogP contribution in [0.25, 0.3) is 0 Å². The summed E-state index contributed by atoms with van der Waals surface area (Å²) in [6.45, 7) is 9.03. The topological polar surface area (TPSA) is 15.3 Å². The summed E-state index contributed by atoms with van der Waals surface area (Å²) in [5.41, 5.74) is 4.31. The summed E-state index contributed by atoms with van der Waals surface area (Å²) in [6, 6.07) is 6.98. The Morgan fingerprint density at radius 1 is 1.21 bits per heavy atom. The van der Waals surface area contributed by atoms with Gasteiger partial charge in [-0.1, -0.05) is 25.5 Å². The zero-order chi connectivity index (χ0) is 13.2. The van der Waals surface area contributed by atoms with Gasteiger partial charge in [0.25, 0.3) is 0 Å². The lowest BCUT2D eigenvalue weighted by atomic mass is 10.0. The van der Waals surface area contributed by atoms with Crippen LogP contribution in [0, 0.1) is 18.8 Å². The van der Waals surface area contributed by atoms with Crippen LogP contribution in [0.5, 0.6) is 0 Å². The van der Waals surface area contributed by atoms with Crippen molar-refractivity contribution in [2.24, 2.45) is 11.8 Å². The number of hydrogen-bond acceptors (Lipinski definition) is 2. The van der Waals surface area contributed by atoms with Crippen LogP contribution in [0.1, 0.15) is 37.3 Å². The van der Waals surface area contributed by atoms with Crippen molar-refractivity contribution >= 4 is 5.69 Å². The van der Waals surface area contributed by atoms with Crippen molar-refractivity contribution in [1.82, 2.24) is 5.32 Å². The molecule has 1 aromatic carbocycles. The van der Waals surface area contributed by atoms with Gasteiger partial charge in [0.1, 0.15) is 0 Å². The zero-order valence-corrected chi connectivity index (χ0v) is 12.3. The predicted molar refractivity (Wildman–Crippen MR) is 81.6 cm³/mol. The van der Waals surface area contributed by atoms with Crippen LogP contribution in [0.3, 0.4) is 0 Å². The second-order valence-electron chi connectivity index (χ2n) is 6.26. The molecule has 2 unspecified atom stereocenters. The molecule has 1 N–H and O–H groups in total. The minimum absolute atomic E-state index is 0.973. The fourth-order valence-electron chi connectivity index (χ4n) is 3.88. The van der Waals surface area contributed by atoms with Gasteiger partial charge < -0.3 is 10.2 Å². The Labute approximate surface area is 117 Å². The van der Waals surface area contributed by atoms with E-state index in [2.05, 4.69) is 42.3 Å². The first kappa shape index (κ1) is 13.0. The third-order valence-corrected chi connectivity index (χ3v) is 4.91. The molecular weight excluding hydrogens is 232 g/mol.